The molecular weight excluding hydrogens is 224 g/mol. The van der Waals surface area contributed by atoms with Crippen LogP contribution >= 0.6 is 0 Å². The van der Waals surface area contributed by atoms with Crippen LogP contribution in [-0.2, 0) is 4.74 Å². The van der Waals surface area contributed by atoms with Gasteiger partial charge in [0.15, 0.2) is 0 Å². The van der Waals surface area contributed by atoms with Crippen LogP contribution < -0.4 is 5.32 Å². The molecule has 2 aliphatic heterocycles. The van der Waals surface area contributed by atoms with Crippen molar-refractivity contribution in [1.82, 2.24) is 10.2 Å². The zero-order chi connectivity index (χ0) is 12.2. The number of hydrogen-bond acceptors (Lipinski definition) is 3. The molecule has 0 atom stereocenters. The lowest BCUT2D eigenvalue weighted by Crippen LogP contribution is -2.42. The van der Waals surface area contributed by atoms with Crippen molar-refractivity contribution in [2.75, 3.05) is 39.3 Å². The molecule has 2 saturated heterocycles. The molecule has 104 valence electrons. The monoisotopic (exact) mass is 252 g/mol. The van der Waals surface area contributed by atoms with Crippen LogP contribution in [0.5, 0.6) is 0 Å². The van der Waals surface area contributed by atoms with Crippen LogP contribution in [0.3, 0.4) is 0 Å². The Labute approximate surface area is 111 Å². The average Bonchev–Trinajstić information content (AvgIpc) is 3.23. The van der Waals surface area contributed by atoms with Crippen molar-refractivity contribution < 1.29 is 4.74 Å². The predicted octanol–water partition coefficient (Wildman–Crippen LogP) is 1.88. The minimum atomic E-state index is 0.565. The third-order valence-corrected chi connectivity index (χ3v) is 4.77. The van der Waals surface area contributed by atoms with Gasteiger partial charge in [-0.2, -0.15) is 0 Å². The Hall–Kier alpha value is -0.120. The van der Waals surface area contributed by atoms with Crippen LogP contribution in [0.15, 0.2) is 0 Å². The van der Waals surface area contributed by atoms with Crippen LogP contribution in [-0.4, -0.2) is 50.3 Å². The second-order valence-corrected chi connectivity index (χ2v) is 6.47. The van der Waals surface area contributed by atoms with Gasteiger partial charge < -0.3 is 15.0 Å². The maximum absolute atomic E-state index is 6.01. The first-order valence-electron chi connectivity index (χ1n) is 7.95. The summed E-state index contributed by atoms with van der Waals surface area (Å²) in [5.74, 6) is 1.85. The van der Waals surface area contributed by atoms with E-state index in [1.54, 1.807) is 0 Å². The van der Waals surface area contributed by atoms with Crippen LogP contribution in [0.2, 0.25) is 0 Å². The van der Waals surface area contributed by atoms with Crippen LogP contribution in [0.4, 0.5) is 0 Å². The standard InChI is InChI=1S/C15H28N2O/c1-2-14(1)12-18-15-5-9-17(10-6-15)11-13-3-7-16-8-4-13/h13-16H,1-12H2. The average molecular weight is 252 g/mol. The molecule has 0 radical (unpaired) electrons. The van der Waals surface area contributed by atoms with Crippen molar-refractivity contribution in [2.45, 2.75) is 44.6 Å². The number of piperidine rings is 2. The molecule has 1 aliphatic carbocycles. The van der Waals surface area contributed by atoms with Gasteiger partial charge in [0.1, 0.15) is 0 Å². The van der Waals surface area contributed by atoms with E-state index in [1.165, 1.54) is 71.2 Å². The fourth-order valence-electron chi connectivity index (χ4n) is 3.24. The molecule has 0 aromatic rings. The summed E-state index contributed by atoms with van der Waals surface area (Å²) < 4.78 is 6.01. The smallest absolute Gasteiger partial charge is 0.0599 e. The number of hydrogen-bond donors (Lipinski definition) is 1. The Morgan fingerprint density at radius 1 is 0.889 bits per heavy atom. The van der Waals surface area contributed by atoms with Gasteiger partial charge in [0.25, 0.3) is 0 Å². The molecule has 3 heteroatoms. The summed E-state index contributed by atoms with van der Waals surface area (Å²) in [6, 6.07) is 0. The first-order chi connectivity index (χ1) is 8.90. The van der Waals surface area contributed by atoms with E-state index in [-0.39, 0.29) is 0 Å². The maximum atomic E-state index is 6.01. The lowest BCUT2D eigenvalue weighted by molar-refractivity contribution is -0.00104. The Morgan fingerprint density at radius 3 is 2.28 bits per heavy atom. The maximum Gasteiger partial charge on any atom is 0.0599 e. The number of nitrogens with zero attached hydrogens (tertiary/aromatic N) is 1. The van der Waals surface area contributed by atoms with Gasteiger partial charge in [-0.3, -0.25) is 0 Å². The van der Waals surface area contributed by atoms with E-state index < -0.39 is 0 Å². The second kappa shape index (κ2) is 6.36. The number of ether oxygens (including phenoxy) is 1. The van der Waals surface area contributed by atoms with Gasteiger partial charge in [0, 0.05) is 26.2 Å². The van der Waals surface area contributed by atoms with Crippen molar-refractivity contribution in [2.24, 2.45) is 11.8 Å². The molecule has 1 N–H and O–H groups in total. The minimum Gasteiger partial charge on any atom is -0.378 e. The van der Waals surface area contributed by atoms with Crippen molar-refractivity contribution >= 4 is 0 Å². The lowest BCUT2D eigenvalue weighted by Gasteiger charge is -2.35. The van der Waals surface area contributed by atoms with E-state index in [4.69, 9.17) is 4.74 Å². The van der Waals surface area contributed by atoms with Gasteiger partial charge in [0.2, 0.25) is 0 Å². The largest absolute Gasteiger partial charge is 0.378 e. The van der Waals surface area contributed by atoms with Crippen molar-refractivity contribution in [3.63, 3.8) is 0 Å². The molecule has 1 saturated carbocycles. The van der Waals surface area contributed by atoms with E-state index >= 15 is 0 Å². The molecule has 3 aliphatic rings. The van der Waals surface area contributed by atoms with Gasteiger partial charge >= 0.3 is 0 Å². The second-order valence-electron chi connectivity index (χ2n) is 6.47. The van der Waals surface area contributed by atoms with Crippen LogP contribution in [0.25, 0.3) is 0 Å². The number of rotatable bonds is 5. The summed E-state index contributed by atoms with van der Waals surface area (Å²) in [7, 11) is 0. The topological polar surface area (TPSA) is 24.5 Å². The van der Waals surface area contributed by atoms with E-state index in [0.29, 0.717) is 6.10 Å². The van der Waals surface area contributed by atoms with Gasteiger partial charge in [-0.1, -0.05) is 0 Å². The summed E-state index contributed by atoms with van der Waals surface area (Å²) in [4.78, 5) is 2.67. The molecule has 0 spiro atoms. The highest BCUT2D eigenvalue weighted by Crippen LogP contribution is 2.30. The van der Waals surface area contributed by atoms with E-state index in [1.807, 2.05) is 0 Å². The molecule has 2 heterocycles. The Balaban J connectivity index is 1.31. The molecule has 3 nitrogen and oxygen atoms in total. The third-order valence-electron chi connectivity index (χ3n) is 4.77. The normalized spacial score (nSPS) is 28.7. The summed E-state index contributed by atoms with van der Waals surface area (Å²) >= 11 is 0. The van der Waals surface area contributed by atoms with Crippen molar-refractivity contribution in [3.05, 3.63) is 0 Å². The van der Waals surface area contributed by atoms with Crippen molar-refractivity contribution in [1.29, 1.82) is 0 Å². The zero-order valence-electron chi connectivity index (χ0n) is 11.6. The molecule has 18 heavy (non-hydrogen) atoms. The zero-order valence-corrected chi connectivity index (χ0v) is 11.6. The molecular formula is C15H28N2O. The van der Waals surface area contributed by atoms with Gasteiger partial charge in [-0.25, -0.2) is 0 Å². The highest BCUT2D eigenvalue weighted by molar-refractivity contribution is 4.79. The third kappa shape index (κ3) is 3.94. The molecule has 0 aromatic heterocycles. The molecule has 0 bridgehead atoms. The molecule has 0 unspecified atom stereocenters. The highest BCUT2D eigenvalue weighted by atomic mass is 16.5. The Bertz CT molecular complexity index is 241. The molecule has 3 fully saturated rings. The Kier molecular flexibility index (Phi) is 4.55. The van der Waals surface area contributed by atoms with Gasteiger partial charge in [-0.15, -0.1) is 0 Å². The summed E-state index contributed by atoms with van der Waals surface area (Å²) in [5.41, 5.74) is 0. The fourth-order valence-corrected chi connectivity index (χ4v) is 3.24. The number of likely N-dealkylation sites (tertiary alicyclic amines) is 1. The van der Waals surface area contributed by atoms with Gasteiger partial charge in [0.05, 0.1) is 6.10 Å². The fraction of sp³-hybridized carbons (Fsp3) is 1.00. The van der Waals surface area contributed by atoms with Crippen LogP contribution in [0, 0.1) is 11.8 Å². The quantitative estimate of drug-likeness (QED) is 0.808. The van der Waals surface area contributed by atoms with E-state index in [9.17, 15) is 0 Å². The number of nitrogens with one attached hydrogen (secondary N) is 1. The molecule has 0 aromatic carbocycles. The summed E-state index contributed by atoms with van der Waals surface area (Å²) in [6.07, 6.45) is 8.66. The van der Waals surface area contributed by atoms with Gasteiger partial charge in [-0.05, 0) is 63.5 Å². The van der Waals surface area contributed by atoms with E-state index in [0.717, 1.165) is 18.4 Å². The molecule has 0 amide bonds. The summed E-state index contributed by atoms with van der Waals surface area (Å²) in [6.45, 7) is 7.35. The highest BCUT2D eigenvalue weighted by Gasteiger charge is 2.26. The predicted molar refractivity (Wildman–Crippen MR) is 73.7 cm³/mol. The summed E-state index contributed by atoms with van der Waals surface area (Å²) in [5, 5.41) is 3.45. The molecule has 3 rings (SSSR count). The minimum absolute atomic E-state index is 0.565. The SMILES string of the molecule is C1CC(CN2CCC(OCC3CC3)CC2)CCN1. The van der Waals surface area contributed by atoms with E-state index in [2.05, 4.69) is 10.2 Å². The lowest BCUT2D eigenvalue weighted by atomic mass is 9.96. The van der Waals surface area contributed by atoms with Crippen molar-refractivity contribution in [3.8, 4) is 0 Å². The Morgan fingerprint density at radius 2 is 1.61 bits per heavy atom. The first-order valence-corrected chi connectivity index (χ1v) is 7.95. The van der Waals surface area contributed by atoms with Crippen LogP contribution in [0.1, 0.15) is 38.5 Å². The first kappa shape index (κ1) is 12.9.